The number of thiazole rings is 1. The van der Waals surface area contributed by atoms with Crippen molar-refractivity contribution in [3.05, 3.63) is 15.6 Å². The summed E-state index contributed by atoms with van der Waals surface area (Å²) in [5, 5.41) is 4.61. The third-order valence-corrected chi connectivity index (χ3v) is 3.68. The van der Waals surface area contributed by atoms with Crippen molar-refractivity contribution in [1.29, 1.82) is 0 Å². The topological polar surface area (TPSA) is 34.2 Å². The van der Waals surface area contributed by atoms with Crippen LogP contribution < -0.4 is 5.32 Å². The third-order valence-electron chi connectivity index (χ3n) is 2.42. The van der Waals surface area contributed by atoms with E-state index in [1.807, 2.05) is 0 Å². The van der Waals surface area contributed by atoms with Crippen LogP contribution in [0.2, 0.25) is 0 Å². The molecule has 0 aliphatic carbocycles. The van der Waals surface area contributed by atoms with Crippen LogP contribution in [-0.2, 0) is 4.74 Å². The quantitative estimate of drug-likeness (QED) is 0.821. The molecule has 1 N–H and O–H groups in total. The summed E-state index contributed by atoms with van der Waals surface area (Å²) in [7, 11) is 0. The van der Waals surface area contributed by atoms with E-state index >= 15 is 0 Å². The fourth-order valence-electron chi connectivity index (χ4n) is 1.67. The van der Waals surface area contributed by atoms with Gasteiger partial charge in [0, 0.05) is 17.5 Å². The van der Waals surface area contributed by atoms with Gasteiger partial charge in [-0.25, -0.2) is 4.98 Å². The Bertz CT molecular complexity index is 355. The monoisotopic (exact) mass is 256 g/mol. The van der Waals surface area contributed by atoms with Gasteiger partial charge in [0.25, 0.3) is 0 Å². The van der Waals surface area contributed by atoms with E-state index in [4.69, 9.17) is 4.74 Å². The summed E-state index contributed by atoms with van der Waals surface area (Å²) in [6, 6.07) is 0.352. The van der Waals surface area contributed by atoms with Gasteiger partial charge >= 0.3 is 0 Å². The molecular formula is C13H24N2OS. The number of rotatable bonds is 5. The van der Waals surface area contributed by atoms with E-state index in [0.717, 1.165) is 23.9 Å². The second-order valence-electron chi connectivity index (χ2n) is 5.32. The van der Waals surface area contributed by atoms with Gasteiger partial charge in [-0.1, -0.05) is 0 Å². The first kappa shape index (κ1) is 14.6. The lowest BCUT2D eigenvalue weighted by atomic mass is 10.2. The van der Waals surface area contributed by atoms with Crippen LogP contribution in [-0.4, -0.2) is 23.7 Å². The minimum atomic E-state index is -0.0537. The van der Waals surface area contributed by atoms with Crippen LogP contribution in [0.25, 0.3) is 0 Å². The zero-order chi connectivity index (χ0) is 13.1. The summed E-state index contributed by atoms with van der Waals surface area (Å²) in [5.41, 5.74) is 1.09. The molecule has 0 aliphatic rings. The maximum absolute atomic E-state index is 5.68. The Kier molecular flexibility index (Phi) is 5.10. The predicted molar refractivity (Wildman–Crippen MR) is 73.7 cm³/mol. The first-order valence-electron chi connectivity index (χ1n) is 6.11. The molecule has 4 heteroatoms. The smallest absolute Gasteiger partial charge is 0.0900 e. The summed E-state index contributed by atoms with van der Waals surface area (Å²) >= 11 is 1.77. The molecule has 98 valence electrons. The molecule has 17 heavy (non-hydrogen) atoms. The molecule has 1 atom stereocenters. The van der Waals surface area contributed by atoms with Crippen LogP contribution in [0.3, 0.4) is 0 Å². The van der Waals surface area contributed by atoms with Crippen LogP contribution in [0.15, 0.2) is 0 Å². The zero-order valence-corrected chi connectivity index (χ0v) is 12.6. The Balaban J connectivity index is 2.35. The second-order valence-corrected chi connectivity index (χ2v) is 6.55. The van der Waals surface area contributed by atoms with E-state index in [1.165, 1.54) is 4.88 Å². The lowest BCUT2D eigenvalue weighted by Gasteiger charge is -2.20. The molecule has 1 rings (SSSR count). The van der Waals surface area contributed by atoms with Crippen molar-refractivity contribution in [3.8, 4) is 0 Å². The highest BCUT2D eigenvalue weighted by Crippen LogP contribution is 2.24. The molecule has 0 saturated carbocycles. The minimum Gasteiger partial charge on any atom is -0.375 e. The summed E-state index contributed by atoms with van der Waals surface area (Å²) in [4.78, 5) is 5.78. The largest absolute Gasteiger partial charge is 0.375 e. The molecule has 0 saturated heterocycles. The Morgan fingerprint density at radius 2 is 2.00 bits per heavy atom. The van der Waals surface area contributed by atoms with E-state index in [1.54, 1.807) is 11.3 Å². The fraction of sp³-hybridized carbons (Fsp3) is 0.769. The summed E-state index contributed by atoms with van der Waals surface area (Å²) in [6.07, 6.45) is 0. The van der Waals surface area contributed by atoms with E-state index < -0.39 is 0 Å². The van der Waals surface area contributed by atoms with Gasteiger partial charge in [-0.05, 0) is 41.5 Å². The van der Waals surface area contributed by atoms with Crippen LogP contribution >= 0.6 is 11.3 Å². The Hall–Kier alpha value is -0.450. The fourth-order valence-corrected chi connectivity index (χ4v) is 2.63. The average Bonchev–Trinajstić information content (AvgIpc) is 2.51. The molecule has 0 radical (unpaired) electrons. The van der Waals surface area contributed by atoms with Crippen molar-refractivity contribution in [1.82, 2.24) is 10.3 Å². The Morgan fingerprint density at radius 3 is 2.47 bits per heavy atom. The minimum absolute atomic E-state index is 0.0537. The van der Waals surface area contributed by atoms with Gasteiger partial charge in [-0.3, -0.25) is 0 Å². The third kappa shape index (κ3) is 5.15. The first-order chi connectivity index (χ1) is 7.79. The first-order valence-corrected chi connectivity index (χ1v) is 6.92. The average molecular weight is 256 g/mol. The standard InChI is InChI=1S/C13H24N2OS/c1-9(12-10(2)15-11(3)17-12)14-7-8-16-13(4,5)6/h9,14H,7-8H2,1-6H3. The van der Waals surface area contributed by atoms with Gasteiger partial charge < -0.3 is 10.1 Å². The summed E-state index contributed by atoms with van der Waals surface area (Å²) in [6.45, 7) is 14.1. The predicted octanol–water partition coefficient (Wildman–Crippen LogP) is 3.23. The van der Waals surface area contributed by atoms with Gasteiger partial charge in [0.15, 0.2) is 0 Å². The summed E-state index contributed by atoms with van der Waals surface area (Å²) in [5.74, 6) is 0. The SMILES string of the molecule is Cc1nc(C)c(C(C)NCCOC(C)(C)C)s1. The molecule has 1 aromatic heterocycles. The van der Waals surface area contributed by atoms with Crippen molar-refractivity contribution >= 4 is 11.3 Å². The normalized spacial score (nSPS) is 14.0. The lowest BCUT2D eigenvalue weighted by Crippen LogP contribution is -2.28. The number of aromatic nitrogens is 1. The van der Waals surface area contributed by atoms with Crippen LogP contribution in [0.4, 0.5) is 0 Å². The highest BCUT2D eigenvalue weighted by Gasteiger charge is 2.13. The van der Waals surface area contributed by atoms with Crippen LogP contribution in [0, 0.1) is 13.8 Å². The maximum atomic E-state index is 5.68. The lowest BCUT2D eigenvalue weighted by molar-refractivity contribution is -0.00147. The van der Waals surface area contributed by atoms with Gasteiger partial charge in [0.2, 0.25) is 0 Å². The van der Waals surface area contributed by atoms with Gasteiger partial charge in [-0.2, -0.15) is 0 Å². The molecule has 0 aromatic carbocycles. The summed E-state index contributed by atoms with van der Waals surface area (Å²) < 4.78 is 5.68. The number of hydrogen-bond acceptors (Lipinski definition) is 4. The van der Waals surface area contributed by atoms with Crippen molar-refractivity contribution in [2.45, 2.75) is 53.2 Å². The molecule has 0 amide bonds. The second kappa shape index (κ2) is 5.94. The van der Waals surface area contributed by atoms with Gasteiger partial charge in [0.1, 0.15) is 0 Å². The molecule has 1 heterocycles. The molecule has 0 aliphatic heterocycles. The highest BCUT2D eigenvalue weighted by atomic mass is 32.1. The van der Waals surface area contributed by atoms with E-state index in [9.17, 15) is 0 Å². The molecule has 1 aromatic rings. The van der Waals surface area contributed by atoms with Crippen molar-refractivity contribution in [2.75, 3.05) is 13.2 Å². The number of ether oxygens (including phenoxy) is 1. The molecule has 0 bridgehead atoms. The van der Waals surface area contributed by atoms with Crippen molar-refractivity contribution < 1.29 is 4.74 Å². The molecular weight excluding hydrogens is 232 g/mol. The molecule has 3 nitrogen and oxygen atoms in total. The van der Waals surface area contributed by atoms with Crippen molar-refractivity contribution in [2.24, 2.45) is 0 Å². The number of nitrogens with one attached hydrogen (secondary N) is 1. The van der Waals surface area contributed by atoms with E-state index in [0.29, 0.717) is 6.04 Å². The Labute approximate surface area is 109 Å². The Morgan fingerprint density at radius 1 is 1.35 bits per heavy atom. The van der Waals surface area contributed by atoms with E-state index in [2.05, 4.69) is 51.8 Å². The van der Waals surface area contributed by atoms with Crippen molar-refractivity contribution in [3.63, 3.8) is 0 Å². The highest BCUT2D eigenvalue weighted by molar-refractivity contribution is 7.11. The molecule has 1 unspecified atom stereocenters. The number of aryl methyl sites for hydroxylation is 2. The van der Waals surface area contributed by atoms with Crippen LogP contribution in [0.1, 0.15) is 49.3 Å². The van der Waals surface area contributed by atoms with Crippen LogP contribution in [0.5, 0.6) is 0 Å². The van der Waals surface area contributed by atoms with Gasteiger partial charge in [0.05, 0.1) is 22.9 Å². The molecule has 0 spiro atoms. The number of hydrogen-bond donors (Lipinski definition) is 1. The van der Waals surface area contributed by atoms with E-state index in [-0.39, 0.29) is 5.60 Å². The maximum Gasteiger partial charge on any atom is 0.0900 e. The van der Waals surface area contributed by atoms with Gasteiger partial charge in [-0.15, -0.1) is 11.3 Å². The zero-order valence-electron chi connectivity index (χ0n) is 11.8. The number of nitrogens with zero attached hydrogens (tertiary/aromatic N) is 1. The molecule has 0 fully saturated rings.